The van der Waals surface area contributed by atoms with E-state index in [4.69, 9.17) is 14.7 Å². The SMILES string of the molecule is CC(c1ccc(C#N)cc1)n1cncc1CN1CCC(c2nc3ccccc3o2)CC1. The lowest BCUT2D eigenvalue weighted by Gasteiger charge is -2.31. The van der Waals surface area contributed by atoms with Gasteiger partial charge in [-0.15, -0.1) is 0 Å². The fourth-order valence-corrected chi connectivity index (χ4v) is 4.43. The predicted octanol–water partition coefficient (Wildman–Crippen LogP) is 4.88. The van der Waals surface area contributed by atoms with E-state index in [1.54, 1.807) is 0 Å². The molecule has 3 heterocycles. The average Bonchev–Trinajstić information content (AvgIpc) is 3.46. The number of oxazole rings is 1. The molecule has 1 unspecified atom stereocenters. The molecule has 2 aromatic carbocycles. The molecule has 0 aliphatic carbocycles. The number of benzene rings is 2. The number of likely N-dealkylation sites (tertiary alicyclic amines) is 1. The number of nitriles is 1. The van der Waals surface area contributed by atoms with Crippen molar-refractivity contribution in [3.05, 3.63) is 83.8 Å². The lowest BCUT2D eigenvalue weighted by molar-refractivity contribution is 0.189. The molecule has 4 aromatic rings. The van der Waals surface area contributed by atoms with E-state index >= 15 is 0 Å². The van der Waals surface area contributed by atoms with Crippen LogP contribution in [0.15, 0.2) is 65.5 Å². The topological polar surface area (TPSA) is 70.9 Å². The van der Waals surface area contributed by atoms with Crippen LogP contribution in [0.5, 0.6) is 0 Å². The molecule has 1 fully saturated rings. The number of rotatable bonds is 5. The second-order valence-electron chi connectivity index (χ2n) is 8.27. The molecular formula is C25H25N5O. The summed E-state index contributed by atoms with van der Waals surface area (Å²) in [6, 6.07) is 18.1. The van der Waals surface area contributed by atoms with Crippen LogP contribution in [0.3, 0.4) is 0 Å². The zero-order valence-corrected chi connectivity index (χ0v) is 17.6. The summed E-state index contributed by atoms with van der Waals surface area (Å²) in [5.74, 6) is 1.26. The summed E-state index contributed by atoms with van der Waals surface area (Å²) in [7, 11) is 0. The molecule has 0 radical (unpaired) electrons. The van der Waals surface area contributed by atoms with Crippen LogP contribution in [0.1, 0.15) is 54.4 Å². The maximum Gasteiger partial charge on any atom is 0.198 e. The predicted molar refractivity (Wildman–Crippen MR) is 118 cm³/mol. The first kappa shape index (κ1) is 19.5. The molecule has 31 heavy (non-hydrogen) atoms. The lowest BCUT2D eigenvalue weighted by Crippen LogP contribution is -2.33. The maximum atomic E-state index is 9.03. The van der Waals surface area contributed by atoms with Crippen LogP contribution in [-0.4, -0.2) is 32.5 Å². The minimum atomic E-state index is 0.169. The maximum absolute atomic E-state index is 9.03. The van der Waals surface area contributed by atoms with Crippen molar-refractivity contribution < 1.29 is 4.42 Å². The van der Waals surface area contributed by atoms with E-state index in [1.165, 1.54) is 11.3 Å². The minimum Gasteiger partial charge on any atom is -0.440 e. The molecule has 1 atom stereocenters. The van der Waals surface area contributed by atoms with Gasteiger partial charge in [-0.25, -0.2) is 9.97 Å². The molecule has 0 N–H and O–H groups in total. The van der Waals surface area contributed by atoms with Gasteiger partial charge in [-0.2, -0.15) is 5.26 Å². The number of imidazole rings is 1. The summed E-state index contributed by atoms with van der Waals surface area (Å²) in [4.78, 5) is 11.6. The van der Waals surface area contributed by atoms with Crippen molar-refractivity contribution in [1.82, 2.24) is 19.4 Å². The van der Waals surface area contributed by atoms with Crippen LogP contribution >= 0.6 is 0 Å². The van der Waals surface area contributed by atoms with E-state index in [9.17, 15) is 0 Å². The summed E-state index contributed by atoms with van der Waals surface area (Å²) in [5, 5.41) is 9.03. The van der Waals surface area contributed by atoms with E-state index in [2.05, 4.69) is 27.4 Å². The molecule has 2 aromatic heterocycles. The first-order valence-corrected chi connectivity index (χ1v) is 10.8. The standard InChI is InChI=1S/C25H25N5O/c1-18(20-8-6-19(14-26)7-9-20)30-17-27-15-22(30)16-29-12-10-21(11-13-29)25-28-23-4-2-3-5-24(23)31-25/h2-9,15,17-18,21H,10-13,16H2,1H3. The van der Waals surface area contributed by atoms with E-state index in [0.29, 0.717) is 11.5 Å². The summed E-state index contributed by atoms with van der Waals surface area (Å²) in [6.45, 7) is 5.08. The largest absolute Gasteiger partial charge is 0.440 e. The quantitative estimate of drug-likeness (QED) is 0.468. The number of piperidine rings is 1. The smallest absolute Gasteiger partial charge is 0.198 e. The third-order valence-electron chi connectivity index (χ3n) is 6.32. The first-order valence-electron chi connectivity index (χ1n) is 10.8. The van der Waals surface area contributed by atoms with Gasteiger partial charge in [0, 0.05) is 18.7 Å². The Bertz CT molecular complexity index is 1180. The molecule has 1 aliphatic heterocycles. The molecular weight excluding hydrogens is 386 g/mol. The number of para-hydroxylation sites is 2. The summed E-state index contributed by atoms with van der Waals surface area (Å²) >= 11 is 0. The van der Waals surface area contributed by atoms with Crippen molar-refractivity contribution in [2.45, 2.75) is 38.3 Å². The van der Waals surface area contributed by atoms with E-state index in [-0.39, 0.29) is 6.04 Å². The van der Waals surface area contributed by atoms with Crippen LogP contribution in [0.4, 0.5) is 0 Å². The zero-order valence-electron chi connectivity index (χ0n) is 17.6. The summed E-state index contributed by atoms with van der Waals surface area (Å²) < 4.78 is 8.23. The molecule has 1 saturated heterocycles. The molecule has 156 valence electrons. The molecule has 5 rings (SSSR count). The Morgan fingerprint density at radius 1 is 1.13 bits per heavy atom. The molecule has 0 amide bonds. The monoisotopic (exact) mass is 411 g/mol. The third-order valence-corrected chi connectivity index (χ3v) is 6.32. The second-order valence-corrected chi connectivity index (χ2v) is 8.27. The Labute approximate surface area is 181 Å². The van der Waals surface area contributed by atoms with Crippen LogP contribution < -0.4 is 0 Å². The van der Waals surface area contributed by atoms with Crippen LogP contribution in [-0.2, 0) is 6.54 Å². The van der Waals surface area contributed by atoms with Crippen LogP contribution in [0, 0.1) is 11.3 Å². The minimum absolute atomic E-state index is 0.169. The number of hydrogen-bond acceptors (Lipinski definition) is 5. The van der Waals surface area contributed by atoms with Crippen molar-refractivity contribution in [3.63, 3.8) is 0 Å². The van der Waals surface area contributed by atoms with E-state index in [0.717, 1.165) is 49.5 Å². The van der Waals surface area contributed by atoms with Gasteiger partial charge < -0.3 is 8.98 Å². The fraction of sp³-hybridized carbons (Fsp3) is 0.320. The Kier molecular flexibility index (Phi) is 5.27. The van der Waals surface area contributed by atoms with Gasteiger partial charge in [0.15, 0.2) is 11.5 Å². The molecule has 6 heteroatoms. The molecule has 1 aliphatic rings. The Morgan fingerprint density at radius 3 is 2.65 bits per heavy atom. The van der Waals surface area contributed by atoms with Crippen molar-refractivity contribution in [3.8, 4) is 6.07 Å². The second kappa shape index (κ2) is 8.37. The molecule has 0 saturated carbocycles. The van der Waals surface area contributed by atoms with Gasteiger partial charge in [0.05, 0.1) is 29.7 Å². The van der Waals surface area contributed by atoms with Crippen molar-refractivity contribution >= 4 is 11.1 Å². The third kappa shape index (κ3) is 3.97. The Balaban J connectivity index is 1.24. The highest BCUT2D eigenvalue weighted by atomic mass is 16.3. The Hall–Kier alpha value is -3.43. The van der Waals surface area contributed by atoms with Crippen LogP contribution in [0.2, 0.25) is 0 Å². The fourth-order valence-electron chi connectivity index (χ4n) is 4.43. The zero-order chi connectivity index (χ0) is 21.2. The summed E-state index contributed by atoms with van der Waals surface area (Å²) in [6.07, 6.45) is 5.97. The van der Waals surface area contributed by atoms with E-state index < -0.39 is 0 Å². The first-order chi connectivity index (χ1) is 15.2. The van der Waals surface area contributed by atoms with Gasteiger partial charge in [0.1, 0.15) is 5.52 Å². The van der Waals surface area contributed by atoms with Crippen molar-refractivity contribution in [2.75, 3.05) is 13.1 Å². The average molecular weight is 412 g/mol. The van der Waals surface area contributed by atoms with Crippen LogP contribution in [0.25, 0.3) is 11.1 Å². The number of aromatic nitrogens is 3. The molecule has 0 bridgehead atoms. The molecule has 0 spiro atoms. The highest BCUT2D eigenvalue weighted by Crippen LogP contribution is 2.31. The molecule has 6 nitrogen and oxygen atoms in total. The van der Waals surface area contributed by atoms with Gasteiger partial charge >= 0.3 is 0 Å². The van der Waals surface area contributed by atoms with Crippen molar-refractivity contribution in [1.29, 1.82) is 5.26 Å². The van der Waals surface area contributed by atoms with E-state index in [1.807, 2.05) is 61.1 Å². The highest BCUT2D eigenvalue weighted by Gasteiger charge is 2.25. The van der Waals surface area contributed by atoms with Gasteiger partial charge in [-0.1, -0.05) is 24.3 Å². The highest BCUT2D eigenvalue weighted by molar-refractivity contribution is 5.72. The van der Waals surface area contributed by atoms with Gasteiger partial charge in [0.2, 0.25) is 0 Å². The number of fused-ring (bicyclic) bond motifs is 1. The summed E-state index contributed by atoms with van der Waals surface area (Å²) in [5.41, 5.74) is 4.88. The normalized spacial score (nSPS) is 16.4. The van der Waals surface area contributed by atoms with Gasteiger partial charge in [-0.05, 0) is 62.7 Å². The number of hydrogen-bond donors (Lipinski definition) is 0. The number of nitrogens with zero attached hydrogens (tertiary/aromatic N) is 5. The van der Waals surface area contributed by atoms with Gasteiger partial charge in [-0.3, -0.25) is 4.90 Å². The van der Waals surface area contributed by atoms with Gasteiger partial charge in [0.25, 0.3) is 0 Å². The Morgan fingerprint density at radius 2 is 1.90 bits per heavy atom. The van der Waals surface area contributed by atoms with Crippen molar-refractivity contribution in [2.24, 2.45) is 0 Å². The lowest BCUT2D eigenvalue weighted by atomic mass is 9.96.